The number of carbonyl (C=O) groups is 3. The highest BCUT2D eigenvalue weighted by molar-refractivity contribution is 6.24. The third-order valence-corrected chi connectivity index (χ3v) is 7.32. The third kappa shape index (κ3) is 3.34. The number of nitrogens with zero attached hydrogens (tertiary/aromatic N) is 1. The lowest BCUT2D eigenvalue weighted by atomic mass is 9.75. The SMILES string of the molecule is COC(=O)[C@@]1(c2ccccc2)N[C@@H](c2ccccc2F)[C@H]2C(=O)N(c3ccc4c(c3)OCCO4)C(=O)[C@@H]21. The van der Waals surface area contributed by atoms with Gasteiger partial charge in [0.15, 0.2) is 17.0 Å². The fraction of sp³-hybridized carbons (Fsp3) is 0.250. The molecule has 188 valence electrons. The number of benzene rings is 3. The van der Waals surface area contributed by atoms with E-state index >= 15 is 4.39 Å². The Kier molecular flexibility index (Phi) is 5.45. The molecule has 2 amide bonds. The van der Waals surface area contributed by atoms with Crippen LogP contribution in [0.3, 0.4) is 0 Å². The van der Waals surface area contributed by atoms with Crippen molar-refractivity contribution in [3.05, 3.63) is 89.7 Å². The van der Waals surface area contributed by atoms with Gasteiger partial charge in [0.2, 0.25) is 11.8 Å². The Hall–Kier alpha value is -4.24. The highest BCUT2D eigenvalue weighted by Gasteiger charge is 2.70. The second-order valence-electron chi connectivity index (χ2n) is 9.15. The van der Waals surface area contributed by atoms with Crippen molar-refractivity contribution in [2.75, 3.05) is 25.2 Å². The van der Waals surface area contributed by atoms with Gasteiger partial charge in [-0.25, -0.2) is 14.1 Å². The number of esters is 1. The van der Waals surface area contributed by atoms with E-state index in [2.05, 4.69) is 5.32 Å². The van der Waals surface area contributed by atoms with Crippen molar-refractivity contribution in [2.45, 2.75) is 11.6 Å². The summed E-state index contributed by atoms with van der Waals surface area (Å²) >= 11 is 0. The number of fused-ring (bicyclic) bond motifs is 2. The molecule has 2 saturated heterocycles. The minimum Gasteiger partial charge on any atom is -0.486 e. The highest BCUT2D eigenvalue weighted by atomic mass is 19.1. The number of anilines is 1. The number of amides is 2. The topological polar surface area (TPSA) is 94.2 Å². The van der Waals surface area contributed by atoms with Crippen molar-refractivity contribution in [3.8, 4) is 11.5 Å². The van der Waals surface area contributed by atoms with E-state index in [-0.39, 0.29) is 11.3 Å². The molecule has 0 radical (unpaired) electrons. The predicted molar refractivity (Wildman–Crippen MR) is 129 cm³/mol. The number of hydrogen-bond acceptors (Lipinski definition) is 7. The average molecular weight is 502 g/mol. The lowest BCUT2D eigenvalue weighted by Gasteiger charge is -2.33. The fourth-order valence-corrected chi connectivity index (χ4v) is 5.76. The van der Waals surface area contributed by atoms with Crippen molar-refractivity contribution < 1.29 is 33.0 Å². The molecular weight excluding hydrogens is 479 g/mol. The van der Waals surface area contributed by atoms with E-state index in [0.717, 1.165) is 4.90 Å². The fourth-order valence-electron chi connectivity index (χ4n) is 5.76. The number of carbonyl (C=O) groups excluding carboxylic acids is 3. The van der Waals surface area contributed by atoms with Crippen LogP contribution in [-0.2, 0) is 24.7 Å². The van der Waals surface area contributed by atoms with E-state index in [0.29, 0.717) is 30.3 Å². The first-order valence-corrected chi connectivity index (χ1v) is 11.9. The molecule has 0 aliphatic carbocycles. The van der Waals surface area contributed by atoms with Crippen molar-refractivity contribution in [1.29, 1.82) is 0 Å². The standard InChI is InChI=1S/C28H23FN2O6/c1-35-27(34)28(16-7-3-2-4-8-16)23-22(24(30-28)18-9-5-6-10-19(18)29)25(32)31(26(23)33)17-11-12-20-21(15-17)37-14-13-36-20/h2-12,15,22-24,30H,13-14H2,1H3/t22-,23+,24-,28-/m0/s1. The maximum atomic E-state index is 15.1. The van der Waals surface area contributed by atoms with Gasteiger partial charge in [0, 0.05) is 17.7 Å². The molecule has 4 atom stereocenters. The second kappa shape index (κ2) is 8.70. The van der Waals surface area contributed by atoms with Gasteiger partial charge < -0.3 is 14.2 Å². The molecule has 0 saturated carbocycles. The first-order valence-electron chi connectivity index (χ1n) is 11.9. The van der Waals surface area contributed by atoms with Gasteiger partial charge in [-0.1, -0.05) is 48.5 Å². The van der Waals surface area contributed by atoms with E-state index in [4.69, 9.17) is 14.2 Å². The Morgan fingerprint density at radius 3 is 2.41 bits per heavy atom. The first-order chi connectivity index (χ1) is 18.0. The molecule has 0 bridgehead atoms. The summed E-state index contributed by atoms with van der Waals surface area (Å²) in [5.41, 5.74) is -0.804. The summed E-state index contributed by atoms with van der Waals surface area (Å²) < 4.78 is 31.5. The minimum absolute atomic E-state index is 0.185. The molecule has 3 aromatic rings. The zero-order chi connectivity index (χ0) is 25.7. The Bertz CT molecular complexity index is 1410. The van der Waals surface area contributed by atoms with E-state index in [1.54, 1.807) is 66.7 Å². The number of methoxy groups -OCH3 is 1. The van der Waals surface area contributed by atoms with E-state index in [1.807, 2.05) is 0 Å². The van der Waals surface area contributed by atoms with Crippen molar-refractivity contribution >= 4 is 23.5 Å². The van der Waals surface area contributed by atoms with Crippen LogP contribution in [0.15, 0.2) is 72.8 Å². The number of rotatable bonds is 4. The second-order valence-corrected chi connectivity index (χ2v) is 9.15. The monoisotopic (exact) mass is 502 g/mol. The maximum absolute atomic E-state index is 15.1. The summed E-state index contributed by atoms with van der Waals surface area (Å²) in [4.78, 5) is 42.7. The zero-order valence-electron chi connectivity index (χ0n) is 19.8. The van der Waals surface area contributed by atoms with Crippen molar-refractivity contribution in [3.63, 3.8) is 0 Å². The van der Waals surface area contributed by atoms with Crippen LogP contribution in [0.1, 0.15) is 17.2 Å². The molecule has 2 fully saturated rings. The lowest BCUT2D eigenvalue weighted by Crippen LogP contribution is -2.53. The van der Waals surface area contributed by atoms with Gasteiger partial charge in [-0.15, -0.1) is 0 Å². The molecule has 3 aliphatic heterocycles. The molecule has 3 aromatic carbocycles. The van der Waals surface area contributed by atoms with Crippen LogP contribution in [0.2, 0.25) is 0 Å². The van der Waals surface area contributed by atoms with Gasteiger partial charge in [-0.05, 0) is 23.8 Å². The number of halogens is 1. The van der Waals surface area contributed by atoms with Gasteiger partial charge in [0.25, 0.3) is 0 Å². The maximum Gasteiger partial charge on any atom is 0.331 e. The molecule has 9 heteroatoms. The Balaban J connectivity index is 1.54. The summed E-state index contributed by atoms with van der Waals surface area (Å²) in [6.07, 6.45) is 0. The quantitative estimate of drug-likeness (QED) is 0.433. The first kappa shape index (κ1) is 23.2. The average Bonchev–Trinajstić information content (AvgIpc) is 3.42. The van der Waals surface area contributed by atoms with E-state index in [9.17, 15) is 14.4 Å². The van der Waals surface area contributed by atoms with Crippen LogP contribution in [-0.4, -0.2) is 38.1 Å². The van der Waals surface area contributed by atoms with Gasteiger partial charge in [0.05, 0.1) is 24.6 Å². The summed E-state index contributed by atoms with van der Waals surface area (Å²) in [5.74, 6) is -3.77. The normalized spacial score (nSPS) is 26.2. The number of nitrogens with one attached hydrogen (secondary N) is 1. The highest BCUT2D eigenvalue weighted by Crippen LogP contribution is 2.54. The van der Waals surface area contributed by atoms with Crippen LogP contribution in [0, 0.1) is 17.7 Å². The Morgan fingerprint density at radius 2 is 1.68 bits per heavy atom. The summed E-state index contributed by atoms with van der Waals surface area (Å²) in [6, 6.07) is 18.5. The number of ether oxygens (including phenoxy) is 3. The molecule has 1 N–H and O–H groups in total. The van der Waals surface area contributed by atoms with Crippen LogP contribution in [0.25, 0.3) is 0 Å². The van der Waals surface area contributed by atoms with Crippen LogP contribution in [0.4, 0.5) is 10.1 Å². The molecular formula is C28H23FN2O6. The largest absolute Gasteiger partial charge is 0.486 e. The molecule has 0 spiro atoms. The van der Waals surface area contributed by atoms with E-state index in [1.165, 1.54) is 13.2 Å². The lowest BCUT2D eigenvalue weighted by molar-refractivity contribution is -0.152. The number of imide groups is 1. The van der Waals surface area contributed by atoms with Gasteiger partial charge >= 0.3 is 5.97 Å². The molecule has 0 aromatic heterocycles. The molecule has 0 unspecified atom stereocenters. The van der Waals surface area contributed by atoms with Crippen molar-refractivity contribution in [1.82, 2.24) is 5.32 Å². The molecule has 8 nitrogen and oxygen atoms in total. The van der Waals surface area contributed by atoms with Crippen LogP contribution in [0.5, 0.6) is 11.5 Å². The summed E-state index contributed by atoms with van der Waals surface area (Å²) in [6.45, 7) is 0.731. The smallest absolute Gasteiger partial charge is 0.331 e. The van der Waals surface area contributed by atoms with E-state index < -0.39 is 47.0 Å². The van der Waals surface area contributed by atoms with Crippen molar-refractivity contribution in [2.24, 2.45) is 11.8 Å². The summed E-state index contributed by atoms with van der Waals surface area (Å²) in [7, 11) is 1.22. The van der Waals surface area contributed by atoms with Gasteiger partial charge in [-0.2, -0.15) is 0 Å². The zero-order valence-corrected chi connectivity index (χ0v) is 19.8. The predicted octanol–water partition coefficient (Wildman–Crippen LogP) is 3.12. The van der Waals surface area contributed by atoms with Gasteiger partial charge in [0.1, 0.15) is 19.0 Å². The number of hydrogen-bond donors (Lipinski definition) is 1. The molecule has 3 heterocycles. The summed E-state index contributed by atoms with van der Waals surface area (Å²) in [5, 5.41) is 3.19. The minimum atomic E-state index is -1.72. The van der Waals surface area contributed by atoms with Crippen LogP contribution >= 0.6 is 0 Å². The Labute approximate surface area is 211 Å². The molecule has 37 heavy (non-hydrogen) atoms. The molecule has 6 rings (SSSR count). The third-order valence-electron chi connectivity index (χ3n) is 7.32. The van der Waals surface area contributed by atoms with Crippen LogP contribution < -0.4 is 19.7 Å². The Morgan fingerprint density at radius 1 is 0.973 bits per heavy atom. The molecule has 3 aliphatic rings. The van der Waals surface area contributed by atoms with Gasteiger partial charge in [-0.3, -0.25) is 14.9 Å².